The molecule has 3 rings (SSSR count). The van der Waals surface area contributed by atoms with Crippen molar-refractivity contribution < 1.29 is 19.4 Å². The second-order valence-corrected chi connectivity index (χ2v) is 7.01. The Morgan fingerprint density at radius 3 is 2.52 bits per heavy atom. The molecule has 10 heteroatoms. The predicted octanol–water partition coefficient (Wildman–Crippen LogP) is 1.87. The first-order valence-corrected chi connectivity index (χ1v) is 9.20. The van der Waals surface area contributed by atoms with Gasteiger partial charge in [-0.05, 0) is 30.4 Å². The van der Waals surface area contributed by atoms with E-state index in [4.69, 9.17) is 21.7 Å². The predicted molar refractivity (Wildman–Crippen MR) is 109 cm³/mol. The van der Waals surface area contributed by atoms with Gasteiger partial charge in [0, 0.05) is 33.0 Å². The number of methoxy groups -OCH3 is 2. The molecule has 0 unspecified atom stereocenters. The Morgan fingerprint density at radius 1 is 1.24 bits per heavy atom. The molecule has 1 atom stereocenters. The third kappa shape index (κ3) is 3.39. The van der Waals surface area contributed by atoms with Gasteiger partial charge in [0.1, 0.15) is 17.1 Å². The van der Waals surface area contributed by atoms with Gasteiger partial charge in [0.25, 0.3) is 5.56 Å². The number of amides is 1. The van der Waals surface area contributed by atoms with Gasteiger partial charge in [-0.1, -0.05) is 0 Å². The molecule has 0 saturated heterocycles. The summed E-state index contributed by atoms with van der Waals surface area (Å²) in [7, 11) is 6.16. The smallest absolute Gasteiger partial charge is 0.267 e. The molecule has 0 spiro atoms. The minimum absolute atomic E-state index is 0.0132. The zero-order chi connectivity index (χ0) is 21.5. The van der Waals surface area contributed by atoms with Gasteiger partial charge in [-0.15, -0.1) is 0 Å². The molecule has 9 nitrogen and oxygen atoms in total. The summed E-state index contributed by atoms with van der Waals surface area (Å²) in [5, 5.41) is 16.2. The van der Waals surface area contributed by atoms with Gasteiger partial charge in [0.2, 0.25) is 11.8 Å². The van der Waals surface area contributed by atoms with E-state index in [1.165, 1.54) is 35.2 Å². The van der Waals surface area contributed by atoms with Gasteiger partial charge in [-0.3, -0.25) is 18.7 Å². The van der Waals surface area contributed by atoms with Gasteiger partial charge < -0.3 is 14.6 Å². The number of ether oxygens (including phenoxy) is 2. The summed E-state index contributed by atoms with van der Waals surface area (Å²) in [5.41, 5.74) is 0.505. The van der Waals surface area contributed by atoms with E-state index >= 15 is 0 Å². The first-order valence-electron chi connectivity index (χ1n) is 8.79. The second kappa shape index (κ2) is 7.70. The minimum Gasteiger partial charge on any atom is -0.497 e. The molecule has 0 aliphatic carbocycles. The topological polar surface area (TPSA) is 98.3 Å². The molecule has 1 aliphatic heterocycles. The number of benzene rings is 1. The average Bonchev–Trinajstić information content (AvgIpc) is 3.15. The number of hydrazone groups is 1. The van der Waals surface area contributed by atoms with Crippen molar-refractivity contribution in [1.29, 1.82) is 0 Å². The van der Waals surface area contributed by atoms with Crippen LogP contribution < -0.4 is 15.0 Å². The maximum Gasteiger partial charge on any atom is 0.267 e. The lowest BCUT2D eigenvalue weighted by Gasteiger charge is -2.22. The molecule has 1 N–H and O–H groups in total. The van der Waals surface area contributed by atoms with Crippen LogP contribution in [0.3, 0.4) is 0 Å². The minimum atomic E-state index is -0.523. The van der Waals surface area contributed by atoms with Crippen molar-refractivity contribution in [2.24, 2.45) is 19.2 Å². The van der Waals surface area contributed by atoms with E-state index < -0.39 is 11.6 Å². The van der Waals surface area contributed by atoms with Crippen LogP contribution >= 0.6 is 12.2 Å². The molecule has 154 valence electrons. The molecule has 1 amide bonds. The lowest BCUT2D eigenvalue weighted by molar-refractivity contribution is -0.130. The van der Waals surface area contributed by atoms with Crippen molar-refractivity contribution in [2.45, 2.75) is 19.4 Å². The number of hydrogen-bond acceptors (Lipinski definition) is 7. The van der Waals surface area contributed by atoms with Gasteiger partial charge in [-0.2, -0.15) is 5.10 Å². The van der Waals surface area contributed by atoms with Crippen molar-refractivity contribution in [3.8, 4) is 17.4 Å². The number of hydrogen-bond donors (Lipinski definition) is 1. The van der Waals surface area contributed by atoms with Crippen molar-refractivity contribution >= 4 is 23.8 Å². The van der Waals surface area contributed by atoms with Crippen LogP contribution in [0.1, 0.15) is 30.5 Å². The molecule has 0 saturated carbocycles. The lowest BCUT2D eigenvalue weighted by atomic mass is 9.98. The SMILES string of the molecule is COc1ccc(OC)c([C@H]2CC(c3c(O)n(C)c(=S)n(C)c3=O)=NN2C(C)=O)c1. The Labute approximate surface area is 172 Å². The highest BCUT2D eigenvalue weighted by Crippen LogP contribution is 2.39. The second-order valence-electron chi connectivity index (χ2n) is 6.64. The van der Waals surface area contributed by atoms with E-state index in [1.807, 2.05) is 0 Å². The van der Waals surface area contributed by atoms with E-state index in [-0.39, 0.29) is 28.5 Å². The Bertz CT molecular complexity index is 1130. The summed E-state index contributed by atoms with van der Waals surface area (Å²) in [6, 6.07) is 4.74. The monoisotopic (exact) mass is 418 g/mol. The largest absolute Gasteiger partial charge is 0.497 e. The zero-order valence-corrected chi connectivity index (χ0v) is 17.6. The van der Waals surface area contributed by atoms with Crippen LogP contribution in [0.4, 0.5) is 0 Å². The molecule has 1 aliphatic rings. The number of nitrogens with zero attached hydrogens (tertiary/aromatic N) is 4. The fraction of sp³-hybridized carbons (Fsp3) is 0.368. The Hall–Kier alpha value is -3.14. The summed E-state index contributed by atoms with van der Waals surface area (Å²) in [6.07, 6.45) is 0.211. The van der Waals surface area contributed by atoms with E-state index in [9.17, 15) is 14.7 Å². The van der Waals surface area contributed by atoms with Crippen LogP contribution in [0.15, 0.2) is 28.1 Å². The van der Waals surface area contributed by atoms with Crippen molar-refractivity contribution in [3.05, 3.63) is 44.5 Å². The maximum absolute atomic E-state index is 12.8. The Morgan fingerprint density at radius 2 is 1.93 bits per heavy atom. The van der Waals surface area contributed by atoms with Crippen LogP contribution in [0.5, 0.6) is 17.4 Å². The van der Waals surface area contributed by atoms with E-state index in [2.05, 4.69) is 5.10 Å². The summed E-state index contributed by atoms with van der Waals surface area (Å²) in [6.45, 7) is 1.39. The summed E-state index contributed by atoms with van der Waals surface area (Å²) >= 11 is 5.16. The van der Waals surface area contributed by atoms with E-state index in [0.29, 0.717) is 22.8 Å². The number of aromatic hydroxyl groups is 1. The van der Waals surface area contributed by atoms with Gasteiger partial charge in [-0.25, -0.2) is 5.01 Å². The quantitative estimate of drug-likeness (QED) is 0.762. The van der Waals surface area contributed by atoms with E-state index in [1.54, 1.807) is 32.4 Å². The Kier molecular flexibility index (Phi) is 5.47. The first kappa shape index (κ1) is 20.6. The average molecular weight is 418 g/mol. The van der Waals surface area contributed by atoms with E-state index in [0.717, 1.165) is 0 Å². The molecule has 2 aromatic rings. The highest BCUT2D eigenvalue weighted by Gasteiger charge is 2.36. The van der Waals surface area contributed by atoms with Gasteiger partial charge >= 0.3 is 0 Å². The molecule has 2 heterocycles. The number of carbonyl (C=O) groups is 1. The lowest BCUT2D eigenvalue weighted by Crippen LogP contribution is -2.28. The standard InChI is InChI=1S/C19H22N4O5S/c1-10(24)23-14(12-8-11(27-4)6-7-15(12)28-5)9-13(20-23)16-17(25)21(2)19(29)22(3)18(16)26/h6-8,14,25H,9H2,1-5H3/t14-/m1/s1. The molecule has 0 bridgehead atoms. The Balaban J connectivity index is 2.17. The van der Waals surface area contributed by atoms with Crippen LogP contribution in [0.25, 0.3) is 0 Å². The molecular weight excluding hydrogens is 396 g/mol. The third-order valence-corrected chi connectivity index (χ3v) is 5.50. The summed E-state index contributed by atoms with van der Waals surface area (Å²) in [5.74, 6) is 0.550. The normalized spacial score (nSPS) is 16.0. The highest BCUT2D eigenvalue weighted by atomic mass is 32.1. The number of rotatable bonds is 4. The molecule has 1 aromatic heterocycles. The van der Waals surface area contributed by atoms with Crippen LogP contribution in [-0.2, 0) is 18.9 Å². The summed E-state index contributed by atoms with van der Waals surface area (Å²) < 4.78 is 13.5. The van der Waals surface area contributed by atoms with Crippen molar-refractivity contribution in [3.63, 3.8) is 0 Å². The summed E-state index contributed by atoms with van der Waals surface area (Å²) in [4.78, 5) is 25.1. The third-order valence-electron chi connectivity index (χ3n) is 4.95. The molecular formula is C19H22N4O5S. The fourth-order valence-electron chi connectivity index (χ4n) is 3.38. The number of carbonyl (C=O) groups excluding carboxylic acids is 1. The van der Waals surface area contributed by atoms with Gasteiger partial charge in [0.05, 0.1) is 26.0 Å². The molecule has 0 fully saturated rings. The molecule has 29 heavy (non-hydrogen) atoms. The van der Waals surface area contributed by atoms with Crippen molar-refractivity contribution in [1.82, 2.24) is 14.1 Å². The number of aromatic nitrogens is 2. The van der Waals surface area contributed by atoms with Crippen LogP contribution in [0.2, 0.25) is 0 Å². The van der Waals surface area contributed by atoms with Gasteiger partial charge in [0.15, 0.2) is 4.77 Å². The maximum atomic E-state index is 12.8. The van der Waals surface area contributed by atoms with Crippen molar-refractivity contribution in [2.75, 3.05) is 14.2 Å². The zero-order valence-electron chi connectivity index (χ0n) is 16.8. The molecule has 1 aromatic carbocycles. The fourth-order valence-corrected chi connectivity index (χ4v) is 3.55. The highest BCUT2D eigenvalue weighted by molar-refractivity contribution is 7.71. The first-order chi connectivity index (χ1) is 13.7. The van der Waals surface area contributed by atoms with Crippen LogP contribution in [0, 0.1) is 4.77 Å². The van der Waals surface area contributed by atoms with Crippen LogP contribution in [-0.4, -0.2) is 45.1 Å². The molecule has 0 radical (unpaired) electrons.